The number of fused-ring (bicyclic) bond motifs is 1. The Morgan fingerprint density at radius 2 is 1.49 bits per heavy atom. The lowest BCUT2D eigenvalue weighted by molar-refractivity contribution is -0.134. The molecule has 6 rings (SSSR count). The van der Waals surface area contributed by atoms with Gasteiger partial charge < -0.3 is 25.0 Å². The van der Waals surface area contributed by atoms with Crippen molar-refractivity contribution in [3.05, 3.63) is 126 Å². The highest BCUT2D eigenvalue weighted by Crippen LogP contribution is 2.24. The van der Waals surface area contributed by atoms with Gasteiger partial charge in [0.15, 0.2) is 0 Å². The molecule has 1 aliphatic rings. The molecule has 49 heavy (non-hydrogen) atoms. The SMILES string of the molecule is O=C(O)/C=C/C(=O)O.O=C(c1ccccc1)N(CCN1CCC(Nc2nc3ccccc3n2Cc2ccc(F)cc2)CC1)c1ncccn1. The average molecular weight is 666 g/mol. The van der Waals surface area contributed by atoms with E-state index in [1.807, 2.05) is 60.7 Å². The van der Waals surface area contributed by atoms with Crippen LogP contribution in [0.3, 0.4) is 0 Å². The van der Waals surface area contributed by atoms with Crippen LogP contribution in [0.15, 0.2) is 109 Å². The van der Waals surface area contributed by atoms with Crippen molar-refractivity contribution in [1.29, 1.82) is 0 Å². The number of likely N-dealkylation sites (tertiary alicyclic amines) is 1. The van der Waals surface area contributed by atoms with Gasteiger partial charge in [0.05, 0.1) is 17.6 Å². The van der Waals surface area contributed by atoms with Crippen LogP contribution in [-0.2, 0) is 16.1 Å². The van der Waals surface area contributed by atoms with E-state index in [1.165, 1.54) is 12.1 Å². The molecule has 0 unspecified atom stereocenters. The van der Waals surface area contributed by atoms with E-state index in [0.29, 0.717) is 36.8 Å². The number of rotatable bonds is 11. The van der Waals surface area contributed by atoms with Crippen LogP contribution in [0.4, 0.5) is 16.3 Å². The molecule has 0 bridgehead atoms. The summed E-state index contributed by atoms with van der Waals surface area (Å²) >= 11 is 0. The number of anilines is 2. The highest BCUT2D eigenvalue weighted by Gasteiger charge is 2.24. The van der Waals surface area contributed by atoms with Crippen LogP contribution < -0.4 is 10.2 Å². The van der Waals surface area contributed by atoms with E-state index in [0.717, 1.165) is 55.0 Å². The number of carboxylic acid groups (broad SMARTS) is 2. The highest BCUT2D eigenvalue weighted by atomic mass is 19.1. The summed E-state index contributed by atoms with van der Waals surface area (Å²) in [6.45, 7) is 3.64. The van der Waals surface area contributed by atoms with Gasteiger partial charge in [-0.1, -0.05) is 42.5 Å². The van der Waals surface area contributed by atoms with E-state index in [2.05, 4.69) is 30.8 Å². The predicted octanol–water partition coefficient (Wildman–Crippen LogP) is 4.95. The number of nitrogens with one attached hydrogen (secondary N) is 1. The summed E-state index contributed by atoms with van der Waals surface area (Å²) in [5.74, 6) is -1.61. The zero-order chi connectivity index (χ0) is 34.6. The standard InChI is InChI=1S/C32H32FN7O.C4H4O4/c33-26-13-11-24(12-14-26)23-40-29-10-5-4-9-28(29)37-32(40)36-27-15-19-38(20-16-27)21-22-39(31-34-17-6-18-35-31)30(41)25-7-2-1-3-8-25;5-3(6)1-2-4(7)8/h1-14,17-18,27H,15-16,19-23H2,(H,36,37);1-2H,(H,5,6)(H,7,8)/b;2-1+. The number of carboxylic acids is 2. The Hall–Kier alpha value is -5.95. The summed E-state index contributed by atoms with van der Waals surface area (Å²) in [5, 5.41) is 19.3. The first-order valence-electron chi connectivity index (χ1n) is 15.7. The zero-order valence-electron chi connectivity index (χ0n) is 26.6. The molecule has 1 aliphatic heterocycles. The van der Waals surface area contributed by atoms with Crippen molar-refractivity contribution >= 4 is 40.8 Å². The summed E-state index contributed by atoms with van der Waals surface area (Å²) in [6, 6.07) is 26.0. The van der Waals surface area contributed by atoms with Gasteiger partial charge in [0.25, 0.3) is 5.91 Å². The number of imidazole rings is 1. The third kappa shape index (κ3) is 9.78. The zero-order valence-corrected chi connectivity index (χ0v) is 26.6. The third-order valence-corrected chi connectivity index (χ3v) is 7.90. The molecule has 0 saturated carbocycles. The lowest BCUT2D eigenvalue weighted by atomic mass is 10.1. The van der Waals surface area contributed by atoms with E-state index in [4.69, 9.17) is 15.2 Å². The lowest BCUT2D eigenvalue weighted by Gasteiger charge is -2.33. The average Bonchev–Trinajstić information content (AvgIpc) is 3.46. The molecule has 3 aromatic carbocycles. The predicted molar refractivity (Wildman–Crippen MR) is 183 cm³/mol. The van der Waals surface area contributed by atoms with Gasteiger partial charge in [-0.2, -0.15) is 0 Å². The van der Waals surface area contributed by atoms with Gasteiger partial charge >= 0.3 is 11.9 Å². The number of hydrogen-bond donors (Lipinski definition) is 3. The van der Waals surface area contributed by atoms with E-state index in [1.54, 1.807) is 23.4 Å². The van der Waals surface area contributed by atoms with Crippen LogP contribution in [0.1, 0.15) is 28.8 Å². The number of benzene rings is 3. The molecule has 0 spiro atoms. The molecule has 0 atom stereocenters. The largest absolute Gasteiger partial charge is 0.478 e. The first-order valence-corrected chi connectivity index (χ1v) is 15.7. The lowest BCUT2D eigenvalue weighted by Crippen LogP contribution is -2.44. The fraction of sp³-hybridized carbons (Fsp3) is 0.222. The smallest absolute Gasteiger partial charge is 0.328 e. The second kappa shape index (κ2) is 16.7. The Morgan fingerprint density at radius 1 is 0.857 bits per heavy atom. The molecule has 1 fully saturated rings. The molecule has 1 amide bonds. The minimum atomic E-state index is -1.26. The normalized spacial score (nSPS) is 13.5. The van der Waals surface area contributed by atoms with Gasteiger partial charge in [0, 0.05) is 62.3 Å². The highest BCUT2D eigenvalue weighted by molar-refractivity contribution is 6.05. The van der Waals surface area contributed by atoms with Gasteiger partial charge in [-0.25, -0.2) is 28.9 Å². The van der Waals surface area contributed by atoms with Crippen LogP contribution in [0.5, 0.6) is 0 Å². The van der Waals surface area contributed by atoms with Crippen LogP contribution in [0, 0.1) is 5.82 Å². The number of piperidine rings is 1. The maximum atomic E-state index is 13.5. The van der Waals surface area contributed by atoms with E-state index < -0.39 is 11.9 Å². The number of aliphatic carboxylic acids is 2. The summed E-state index contributed by atoms with van der Waals surface area (Å²) in [6.07, 6.45) is 6.34. The molecule has 0 aliphatic carbocycles. The summed E-state index contributed by atoms with van der Waals surface area (Å²) in [5.41, 5.74) is 3.61. The van der Waals surface area contributed by atoms with Crippen LogP contribution in [0.2, 0.25) is 0 Å². The topological polar surface area (TPSA) is 154 Å². The van der Waals surface area contributed by atoms with Gasteiger partial charge in [-0.05, 0) is 60.9 Å². The maximum Gasteiger partial charge on any atom is 0.328 e. The van der Waals surface area contributed by atoms with Gasteiger partial charge in [-0.15, -0.1) is 0 Å². The third-order valence-electron chi connectivity index (χ3n) is 7.90. The monoisotopic (exact) mass is 665 g/mol. The molecular weight excluding hydrogens is 629 g/mol. The van der Waals surface area contributed by atoms with Crippen molar-refractivity contribution < 1.29 is 29.0 Å². The molecule has 0 radical (unpaired) electrons. The van der Waals surface area contributed by atoms with Crippen molar-refractivity contribution in [2.45, 2.75) is 25.4 Å². The summed E-state index contributed by atoms with van der Waals surface area (Å²) in [7, 11) is 0. The molecule has 3 heterocycles. The molecule has 3 N–H and O–H groups in total. The molecular formula is C36H36FN7O5. The molecule has 2 aromatic heterocycles. The Balaban J connectivity index is 0.000000523. The summed E-state index contributed by atoms with van der Waals surface area (Å²) < 4.78 is 15.6. The number of carbonyl (C=O) groups is 3. The molecule has 1 saturated heterocycles. The van der Waals surface area contributed by atoms with E-state index in [9.17, 15) is 18.8 Å². The van der Waals surface area contributed by atoms with Crippen molar-refractivity contribution in [2.75, 3.05) is 36.4 Å². The second-order valence-corrected chi connectivity index (χ2v) is 11.3. The van der Waals surface area contributed by atoms with E-state index >= 15 is 0 Å². The van der Waals surface area contributed by atoms with Crippen molar-refractivity contribution in [3.8, 4) is 0 Å². The Morgan fingerprint density at radius 3 is 2.14 bits per heavy atom. The Bertz CT molecular complexity index is 1860. The Labute approximate surface area is 282 Å². The number of hydrogen-bond acceptors (Lipinski definition) is 8. The van der Waals surface area contributed by atoms with Gasteiger partial charge in [0.2, 0.25) is 11.9 Å². The minimum Gasteiger partial charge on any atom is -0.478 e. The number of para-hydroxylation sites is 2. The Kier molecular flexibility index (Phi) is 11.8. The summed E-state index contributed by atoms with van der Waals surface area (Å²) in [4.78, 5) is 50.1. The van der Waals surface area contributed by atoms with Crippen molar-refractivity contribution in [3.63, 3.8) is 0 Å². The fourth-order valence-electron chi connectivity index (χ4n) is 5.45. The quantitative estimate of drug-likeness (QED) is 0.165. The molecule has 12 nitrogen and oxygen atoms in total. The van der Waals surface area contributed by atoms with Crippen LogP contribution in [-0.4, -0.2) is 84.7 Å². The van der Waals surface area contributed by atoms with Crippen molar-refractivity contribution in [2.24, 2.45) is 0 Å². The van der Waals surface area contributed by atoms with Gasteiger partial charge in [-0.3, -0.25) is 9.69 Å². The minimum absolute atomic E-state index is 0.103. The number of carbonyl (C=O) groups excluding carboxylic acids is 1. The number of amides is 1. The fourth-order valence-corrected chi connectivity index (χ4v) is 5.45. The maximum absolute atomic E-state index is 13.5. The second-order valence-electron chi connectivity index (χ2n) is 11.3. The number of aromatic nitrogens is 4. The van der Waals surface area contributed by atoms with Crippen LogP contribution in [0.25, 0.3) is 11.0 Å². The molecule has 5 aromatic rings. The van der Waals surface area contributed by atoms with Crippen LogP contribution >= 0.6 is 0 Å². The molecule has 252 valence electrons. The van der Waals surface area contributed by atoms with E-state index in [-0.39, 0.29) is 17.8 Å². The molecule has 13 heteroatoms. The van der Waals surface area contributed by atoms with Gasteiger partial charge in [0.1, 0.15) is 5.82 Å². The first-order chi connectivity index (χ1) is 23.8. The number of halogens is 1. The van der Waals surface area contributed by atoms with Crippen molar-refractivity contribution in [1.82, 2.24) is 24.4 Å². The first kappa shape index (κ1) is 34.4. The number of nitrogens with zero attached hydrogens (tertiary/aromatic N) is 6.